The number of halogens is 2. The Balaban J connectivity index is 1.84. The van der Waals surface area contributed by atoms with E-state index in [1.54, 1.807) is 24.3 Å². The number of hydrogen-bond acceptors (Lipinski definition) is 2. The molecule has 0 aromatic heterocycles. The van der Waals surface area contributed by atoms with Crippen LogP contribution < -0.4 is 5.32 Å². The van der Waals surface area contributed by atoms with Crippen molar-refractivity contribution < 1.29 is 14.0 Å². The minimum atomic E-state index is -0.556. The molecule has 3 amide bonds. The quantitative estimate of drug-likeness (QED) is 0.657. The molecule has 2 aromatic carbocycles. The molecule has 1 aliphatic rings. The van der Waals surface area contributed by atoms with E-state index in [4.69, 9.17) is 0 Å². The molecule has 4 nitrogen and oxygen atoms in total. The summed E-state index contributed by atoms with van der Waals surface area (Å²) in [5.74, 6) is -0.921. The molecule has 0 atom stereocenters. The van der Waals surface area contributed by atoms with Crippen molar-refractivity contribution in [1.82, 2.24) is 10.2 Å². The third kappa shape index (κ3) is 3.32. The fourth-order valence-electron chi connectivity index (χ4n) is 2.28. The minimum Gasteiger partial charge on any atom is -0.303 e. The zero-order valence-electron chi connectivity index (χ0n) is 11.9. The number of hydrogen-bond donors (Lipinski definition) is 1. The van der Waals surface area contributed by atoms with Gasteiger partial charge in [0.25, 0.3) is 5.91 Å². The summed E-state index contributed by atoms with van der Waals surface area (Å²) in [5, 5.41) is 2.52. The van der Waals surface area contributed by atoms with Crippen LogP contribution in [0.5, 0.6) is 0 Å². The number of carbonyl (C=O) groups excluding carboxylic acids is 2. The summed E-state index contributed by atoms with van der Waals surface area (Å²) in [6.07, 6.45) is 1.59. The summed E-state index contributed by atoms with van der Waals surface area (Å²) < 4.78 is 14.6. The molecule has 0 spiro atoms. The highest BCUT2D eigenvalue weighted by Gasteiger charge is 2.33. The van der Waals surface area contributed by atoms with E-state index in [2.05, 4.69) is 21.2 Å². The summed E-state index contributed by atoms with van der Waals surface area (Å²) in [5.41, 5.74) is 1.24. The van der Waals surface area contributed by atoms with E-state index < -0.39 is 17.8 Å². The first-order chi connectivity index (χ1) is 11.0. The van der Waals surface area contributed by atoms with E-state index in [1.165, 1.54) is 6.07 Å². The molecular weight excluding hydrogens is 363 g/mol. The van der Waals surface area contributed by atoms with E-state index in [1.807, 2.05) is 24.3 Å². The van der Waals surface area contributed by atoms with E-state index >= 15 is 0 Å². The highest BCUT2D eigenvalue weighted by molar-refractivity contribution is 9.10. The van der Waals surface area contributed by atoms with Crippen LogP contribution in [0.25, 0.3) is 6.08 Å². The van der Waals surface area contributed by atoms with Gasteiger partial charge in [-0.1, -0.05) is 46.3 Å². The summed E-state index contributed by atoms with van der Waals surface area (Å²) in [7, 11) is 0. The van der Waals surface area contributed by atoms with Crippen molar-refractivity contribution in [3.8, 4) is 0 Å². The number of carbonyl (C=O) groups is 2. The third-order valence-electron chi connectivity index (χ3n) is 3.41. The zero-order chi connectivity index (χ0) is 16.4. The lowest BCUT2D eigenvalue weighted by atomic mass is 10.2. The third-order valence-corrected chi connectivity index (χ3v) is 3.90. The Morgan fingerprint density at radius 1 is 1.13 bits per heavy atom. The van der Waals surface area contributed by atoms with Crippen molar-refractivity contribution in [2.24, 2.45) is 0 Å². The van der Waals surface area contributed by atoms with E-state index in [9.17, 15) is 14.0 Å². The van der Waals surface area contributed by atoms with E-state index in [-0.39, 0.29) is 12.2 Å². The number of urea groups is 1. The molecule has 1 heterocycles. The molecule has 0 aliphatic carbocycles. The maximum atomic E-state index is 13.7. The number of amides is 3. The van der Waals surface area contributed by atoms with Crippen LogP contribution >= 0.6 is 15.9 Å². The lowest BCUT2D eigenvalue weighted by Crippen LogP contribution is -2.30. The zero-order valence-corrected chi connectivity index (χ0v) is 13.5. The highest BCUT2D eigenvalue weighted by atomic mass is 79.9. The second-order valence-corrected chi connectivity index (χ2v) is 5.94. The lowest BCUT2D eigenvalue weighted by molar-refractivity contribution is -0.123. The van der Waals surface area contributed by atoms with Gasteiger partial charge in [0.15, 0.2) is 0 Å². The molecule has 0 unspecified atom stereocenters. The summed E-state index contributed by atoms with van der Waals surface area (Å²) in [4.78, 5) is 25.3. The van der Waals surface area contributed by atoms with Crippen LogP contribution in [0.4, 0.5) is 9.18 Å². The van der Waals surface area contributed by atoms with Gasteiger partial charge in [0.2, 0.25) is 0 Å². The van der Waals surface area contributed by atoms with Crippen LogP contribution in [0.3, 0.4) is 0 Å². The van der Waals surface area contributed by atoms with Crippen molar-refractivity contribution in [1.29, 1.82) is 0 Å². The van der Waals surface area contributed by atoms with Crippen molar-refractivity contribution in [3.05, 3.63) is 75.6 Å². The van der Waals surface area contributed by atoms with Gasteiger partial charge in [-0.3, -0.25) is 9.69 Å². The van der Waals surface area contributed by atoms with Gasteiger partial charge >= 0.3 is 6.03 Å². The average molecular weight is 375 g/mol. The van der Waals surface area contributed by atoms with Gasteiger partial charge in [0.1, 0.15) is 11.5 Å². The molecule has 1 fully saturated rings. The van der Waals surface area contributed by atoms with Gasteiger partial charge in [0.05, 0.1) is 6.54 Å². The molecule has 3 rings (SSSR count). The first kappa shape index (κ1) is 15.4. The minimum absolute atomic E-state index is 0.104. The van der Waals surface area contributed by atoms with Crippen molar-refractivity contribution >= 4 is 33.9 Å². The molecule has 0 radical (unpaired) electrons. The Kier molecular flexibility index (Phi) is 4.25. The Hall–Kier alpha value is -2.47. The van der Waals surface area contributed by atoms with Crippen molar-refractivity contribution in [3.63, 3.8) is 0 Å². The molecule has 116 valence electrons. The number of imide groups is 1. The molecule has 23 heavy (non-hydrogen) atoms. The Bertz CT molecular complexity index is 820. The van der Waals surface area contributed by atoms with Gasteiger partial charge < -0.3 is 5.32 Å². The second kappa shape index (κ2) is 6.34. The number of rotatable bonds is 3. The molecule has 1 N–H and O–H groups in total. The normalized spacial score (nSPS) is 16.1. The fraction of sp³-hybridized carbons (Fsp3) is 0.0588. The predicted octanol–water partition coefficient (Wildman–Crippen LogP) is 3.68. The van der Waals surface area contributed by atoms with Crippen molar-refractivity contribution in [2.45, 2.75) is 6.54 Å². The Morgan fingerprint density at radius 3 is 2.65 bits per heavy atom. The van der Waals surface area contributed by atoms with Gasteiger partial charge in [-0.25, -0.2) is 9.18 Å². The van der Waals surface area contributed by atoms with Gasteiger partial charge in [-0.15, -0.1) is 0 Å². The van der Waals surface area contributed by atoms with E-state index in [0.717, 1.165) is 14.9 Å². The molecule has 1 saturated heterocycles. The standard InChI is InChI=1S/C17H12BrFN2O2/c18-13-6-3-4-11(8-13)9-15-16(22)21(17(23)20-15)10-12-5-1-2-7-14(12)19/h1-9H,10H2,(H,20,23). The molecule has 1 aliphatic heterocycles. The highest BCUT2D eigenvalue weighted by Crippen LogP contribution is 2.19. The largest absolute Gasteiger partial charge is 0.329 e. The van der Waals surface area contributed by atoms with Crippen LogP contribution in [0.1, 0.15) is 11.1 Å². The molecular formula is C17H12BrFN2O2. The summed E-state index contributed by atoms with van der Waals surface area (Å²) in [6, 6.07) is 12.8. The number of nitrogens with one attached hydrogen (secondary N) is 1. The van der Waals surface area contributed by atoms with Gasteiger partial charge in [-0.05, 0) is 29.8 Å². The summed E-state index contributed by atoms with van der Waals surface area (Å²) in [6.45, 7) is -0.104. The Morgan fingerprint density at radius 2 is 1.91 bits per heavy atom. The average Bonchev–Trinajstić information content (AvgIpc) is 2.77. The molecule has 6 heteroatoms. The molecule has 2 aromatic rings. The predicted molar refractivity (Wildman–Crippen MR) is 87.6 cm³/mol. The second-order valence-electron chi connectivity index (χ2n) is 5.03. The molecule has 0 bridgehead atoms. The molecule has 0 saturated carbocycles. The first-order valence-corrected chi connectivity index (χ1v) is 7.67. The van der Waals surface area contributed by atoms with Crippen LogP contribution in [-0.2, 0) is 11.3 Å². The smallest absolute Gasteiger partial charge is 0.303 e. The van der Waals surface area contributed by atoms with Gasteiger partial charge in [-0.2, -0.15) is 0 Å². The monoisotopic (exact) mass is 374 g/mol. The number of benzene rings is 2. The van der Waals surface area contributed by atoms with Gasteiger partial charge in [0, 0.05) is 10.0 Å². The maximum Gasteiger partial charge on any atom is 0.329 e. The van der Waals surface area contributed by atoms with E-state index in [0.29, 0.717) is 5.56 Å². The maximum absolute atomic E-state index is 13.7. The van der Waals surface area contributed by atoms with Crippen LogP contribution in [-0.4, -0.2) is 16.8 Å². The number of nitrogens with zero attached hydrogens (tertiary/aromatic N) is 1. The van der Waals surface area contributed by atoms with Crippen LogP contribution in [0, 0.1) is 5.82 Å². The first-order valence-electron chi connectivity index (χ1n) is 6.88. The Labute approximate surface area is 140 Å². The lowest BCUT2D eigenvalue weighted by Gasteiger charge is -2.12. The topological polar surface area (TPSA) is 49.4 Å². The van der Waals surface area contributed by atoms with Crippen molar-refractivity contribution in [2.75, 3.05) is 0 Å². The fourth-order valence-corrected chi connectivity index (χ4v) is 2.69. The van der Waals surface area contributed by atoms with Crippen LogP contribution in [0.15, 0.2) is 58.7 Å². The SMILES string of the molecule is O=C1NC(=Cc2cccc(Br)c2)C(=O)N1Cc1ccccc1F. The van der Waals surface area contributed by atoms with Crippen LogP contribution in [0.2, 0.25) is 0 Å². The summed E-state index contributed by atoms with van der Waals surface area (Å²) >= 11 is 3.35.